The van der Waals surface area contributed by atoms with E-state index < -0.39 is 8.56 Å². The topological polar surface area (TPSA) is 18.5 Å². The lowest BCUT2D eigenvalue weighted by Crippen LogP contribution is -2.41. The van der Waals surface area contributed by atoms with Gasteiger partial charge in [0.2, 0.25) is 0 Å². The van der Waals surface area contributed by atoms with Crippen molar-refractivity contribution in [3.05, 3.63) is 0 Å². The first-order valence-corrected chi connectivity index (χ1v) is 13.8. The van der Waals surface area contributed by atoms with E-state index in [0.29, 0.717) is 0 Å². The fourth-order valence-electron chi connectivity index (χ4n) is 3.37. The SMILES string of the molecule is CCCCCCCCCCCCCCCO[Si](CC)(CC)OCCC. The zero-order chi connectivity index (χ0) is 18.6. The first-order chi connectivity index (χ1) is 12.2. The summed E-state index contributed by atoms with van der Waals surface area (Å²) < 4.78 is 12.4. The van der Waals surface area contributed by atoms with Crippen LogP contribution in [0, 0.1) is 0 Å². The molecule has 2 nitrogen and oxygen atoms in total. The van der Waals surface area contributed by atoms with Crippen molar-refractivity contribution >= 4 is 8.56 Å². The number of hydrogen-bond acceptors (Lipinski definition) is 2. The van der Waals surface area contributed by atoms with Gasteiger partial charge in [-0.1, -0.05) is 105 Å². The lowest BCUT2D eigenvalue weighted by atomic mass is 10.0. The highest BCUT2D eigenvalue weighted by atomic mass is 28.4. The molecule has 0 amide bonds. The molecule has 0 aromatic rings. The van der Waals surface area contributed by atoms with Crippen molar-refractivity contribution in [3.63, 3.8) is 0 Å². The van der Waals surface area contributed by atoms with Gasteiger partial charge in [0.05, 0.1) is 0 Å². The second-order valence-electron chi connectivity index (χ2n) is 7.56. The molecule has 0 aromatic carbocycles. The highest BCUT2D eigenvalue weighted by molar-refractivity contribution is 6.67. The summed E-state index contributed by atoms with van der Waals surface area (Å²) in [5, 5.41) is 0. The average Bonchev–Trinajstić information content (AvgIpc) is 2.65. The molecule has 0 atom stereocenters. The van der Waals surface area contributed by atoms with Gasteiger partial charge in [0, 0.05) is 13.2 Å². The molecule has 0 saturated heterocycles. The summed E-state index contributed by atoms with van der Waals surface area (Å²) in [6.07, 6.45) is 19.3. The van der Waals surface area contributed by atoms with Gasteiger partial charge in [0.15, 0.2) is 0 Å². The zero-order valence-electron chi connectivity index (χ0n) is 18.0. The second-order valence-corrected chi connectivity index (χ2v) is 11.4. The standard InChI is InChI=1S/C22H48O2Si/c1-5-9-10-11-12-13-14-15-16-17-18-19-20-22-24-25(7-3,8-4)23-21-6-2/h5-22H2,1-4H3. The van der Waals surface area contributed by atoms with Gasteiger partial charge in [-0.2, -0.15) is 0 Å². The van der Waals surface area contributed by atoms with Crippen LogP contribution in [0.1, 0.15) is 118 Å². The van der Waals surface area contributed by atoms with Crippen molar-refractivity contribution in [2.45, 2.75) is 130 Å². The summed E-state index contributed by atoms with van der Waals surface area (Å²) in [4.78, 5) is 0. The normalized spacial score (nSPS) is 12.0. The molecule has 0 unspecified atom stereocenters. The Balaban J connectivity index is 3.39. The first-order valence-electron chi connectivity index (χ1n) is 11.5. The highest BCUT2D eigenvalue weighted by Gasteiger charge is 2.32. The van der Waals surface area contributed by atoms with Gasteiger partial charge in [-0.25, -0.2) is 0 Å². The fraction of sp³-hybridized carbons (Fsp3) is 1.00. The van der Waals surface area contributed by atoms with Crippen LogP contribution in [0.4, 0.5) is 0 Å². The molecule has 3 heteroatoms. The summed E-state index contributed by atoms with van der Waals surface area (Å²) in [6.45, 7) is 10.7. The minimum atomic E-state index is -1.87. The van der Waals surface area contributed by atoms with Crippen LogP contribution in [0.3, 0.4) is 0 Å². The van der Waals surface area contributed by atoms with Crippen LogP contribution in [0.15, 0.2) is 0 Å². The molecule has 0 spiro atoms. The molecule has 0 aliphatic carbocycles. The Hall–Kier alpha value is 0.137. The van der Waals surface area contributed by atoms with E-state index in [1.165, 1.54) is 83.5 Å². The van der Waals surface area contributed by atoms with Crippen LogP contribution >= 0.6 is 0 Å². The Morgan fingerprint density at radius 3 is 1.24 bits per heavy atom. The van der Waals surface area contributed by atoms with E-state index in [9.17, 15) is 0 Å². The third-order valence-electron chi connectivity index (χ3n) is 5.26. The van der Waals surface area contributed by atoms with Gasteiger partial charge in [0.25, 0.3) is 0 Å². The van der Waals surface area contributed by atoms with Gasteiger partial charge in [-0.05, 0) is 24.9 Å². The first kappa shape index (κ1) is 25.1. The minimum Gasteiger partial charge on any atom is -0.394 e. The minimum absolute atomic E-state index is 0.868. The predicted octanol–water partition coefficient (Wildman–Crippen LogP) is 8.00. The average molecular weight is 373 g/mol. The second kappa shape index (κ2) is 18.9. The molecular weight excluding hydrogens is 324 g/mol. The summed E-state index contributed by atoms with van der Waals surface area (Å²) in [5.74, 6) is 0. The van der Waals surface area contributed by atoms with Crippen LogP contribution in [0.25, 0.3) is 0 Å². The lowest BCUT2D eigenvalue weighted by molar-refractivity contribution is 0.166. The third kappa shape index (κ3) is 14.9. The number of rotatable bonds is 20. The fourth-order valence-corrected chi connectivity index (χ4v) is 5.86. The van der Waals surface area contributed by atoms with Crippen molar-refractivity contribution in [1.82, 2.24) is 0 Å². The molecule has 152 valence electrons. The summed E-state index contributed by atoms with van der Waals surface area (Å²) >= 11 is 0. The molecule has 0 aromatic heterocycles. The van der Waals surface area contributed by atoms with E-state index in [2.05, 4.69) is 27.7 Å². The Morgan fingerprint density at radius 2 is 0.840 bits per heavy atom. The molecule has 0 heterocycles. The summed E-state index contributed by atoms with van der Waals surface area (Å²) in [6, 6.07) is 2.17. The maximum Gasteiger partial charge on any atom is 0.337 e. The maximum absolute atomic E-state index is 6.25. The Bertz CT molecular complexity index is 254. The van der Waals surface area contributed by atoms with E-state index in [-0.39, 0.29) is 0 Å². The lowest BCUT2D eigenvalue weighted by Gasteiger charge is -2.28. The number of unbranched alkanes of at least 4 members (excludes halogenated alkanes) is 12. The Kier molecular flexibility index (Phi) is 19.0. The van der Waals surface area contributed by atoms with E-state index >= 15 is 0 Å². The Morgan fingerprint density at radius 1 is 0.440 bits per heavy atom. The van der Waals surface area contributed by atoms with Gasteiger partial charge in [-0.15, -0.1) is 0 Å². The van der Waals surface area contributed by atoms with Crippen LogP contribution in [-0.4, -0.2) is 21.8 Å². The van der Waals surface area contributed by atoms with Crippen molar-refractivity contribution in [3.8, 4) is 0 Å². The molecule has 0 N–H and O–H groups in total. The molecule has 0 radical (unpaired) electrons. The van der Waals surface area contributed by atoms with Gasteiger partial charge >= 0.3 is 8.56 Å². The van der Waals surface area contributed by atoms with E-state index in [1.807, 2.05) is 0 Å². The van der Waals surface area contributed by atoms with Crippen LogP contribution in [0.5, 0.6) is 0 Å². The van der Waals surface area contributed by atoms with Gasteiger partial charge < -0.3 is 8.85 Å². The molecular formula is C22H48O2Si. The highest BCUT2D eigenvalue weighted by Crippen LogP contribution is 2.20. The molecule has 0 aliphatic rings. The smallest absolute Gasteiger partial charge is 0.337 e. The maximum atomic E-state index is 6.25. The molecule has 0 aliphatic heterocycles. The van der Waals surface area contributed by atoms with E-state index in [1.54, 1.807) is 0 Å². The van der Waals surface area contributed by atoms with E-state index in [0.717, 1.165) is 31.7 Å². The van der Waals surface area contributed by atoms with Crippen molar-refractivity contribution in [2.24, 2.45) is 0 Å². The molecule has 25 heavy (non-hydrogen) atoms. The molecule has 0 bridgehead atoms. The van der Waals surface area contributed by atoms with Crippen LogP contribution < -0.4 is 0 Å². The van der Waals surface area contributed by atoms with Gasteiger partial charge in [-0.3, -0.25) is 0 Å². The Labute approximate surface area is 160 Å². The van der Waals surface area contributed by atoms with Crippen molar-refractivity contribution in [1.29, 1.82) is 0 Å². The summed E-state index contributed by atoms with van der Waals surface area (Å²) in [5.41, 5.74) is 0. The summed E-state index contributed by atoms with van der Waals surface area (Å²) in [7, 11) is -1.87. The molecule has 0 saturated carbocycles. The quantitative estimate of drug-likeness (QED) is 0.159. The van der Waals surface area contributed by atoms with Crippen molar-refractivity contribution < 1.29 is 8.85 Å². The third-order valence-corrected chi connectivity index (χ3v) is 8.87. The molecule has 0 rings (SSSR count). The van der Waals surface area contributed by atoms with Crippen LogP contribution in [0.2, 0.25) is 12.1 Å². The zero-order valence-corrected chi connectivity index (χ0v) is 19.0. The predicted molar refractivity (Wildman–Crippen MR) is 115 cm³/mol. The van der Waals surface area contributed by atoms with Crippen LogP contribution in [-0.2, 0) is 8.85 Å². The molecule has 0 fully saturated rings. The van der Waals surface area contributed by atoms with E-state index in [4.69, 9.17) is 8.85 Å². The largest absolute Gasteiger partial charge is 0.394 e. The monoisotopic (exact) mass is 372 g/mol. The van der Waals surface area contributed by atoms with Crippen molar-refractivity contribution in [2.75, 3.05) is 13.2 Å². The van der Waals surface area contributed by atoms with Gasteiger partial charge in [0.1, 0.15) is 0 Å². The number of hydrogen-bond donors (Lipinski definition) is 0.